The molecule has 0 radical (unpaired) electrons. The van der Waals surface area contributed by atoms with E-state index in [0.29, 0.717) is 23.5 Å². The van der Waals surface area contributed by atoms with Crippen molar-refractivity contribution in [1.29, 1.82) is 0 Å². The number of hydrogen-bond acceptors (Lipinski definition) is 7. The number of aryl methyl sites for hydroxylation is 1. The Morgan fingerprint density at radius 3 is 2.50 bits per heavy atom. The predicted molar refractivity (Wildman–Crippen MR) is 115 cm³/mol. The minimum atomic E-state index is -5.08. The molecule has 3 aliphatic rings. The molecule has 3 fully saturated rings. The number of nitrogens with one attached hydrogen (secondary N) is 2. The van der Waals surface area contributed by atoms with Crippen LogP contribution in [0.2, 0.25) is 0 Å². The maximum absolute atomic E-state index is 13.2. The van der Waals surface area contributed by atoms with E-state index < -0.39 is 30.2 Å². The van der Waals surface area contributed by atoms with Gasteiger partial charge in [0.15, 0.2) is 5.69 Å². The molecule has 6 rings (SSSR count). The summed E-state index contributed by atoms with van der Waals surface area (Å²) in [5.41, 5.74) is 0.414. The van der Waals surface area contributed by atoms with Gasteiger partial charge in [-0.15, -0.1) is 5.10 Å². The Morgan fingerprint density at radius 1 is 1.22 bits per heavy atom. The highest BCUT2D eigenvalue weighted by atomic mass is 19.4. The Morgan fingerprint density at radius 2 is 1.94 bits per heavy atom. The first-order valence-electron chi connectivity index (χ1n) is 10.7. The van der Waals surface area contributed by atoms with Crippen molar-refractivity contribution in [1.82, 2.24) is 29.7 Å². The van der Waals surface area contributed by atoms with E-state index in [1.807, 2.05) is 0 Å². The number of carboxylic acids is 1. The maximum Gasteiger partial charge on any atom is 0.490 e. The summed E-state index contributed by atoms with van der Waals surface area (Å²) in [6, 6.07) is 4.07. The molecule has 194 valence electrons. The summed E-state index contributed by atoms with van der Waals surface area (Å²) < 4.78 is 60.8. The van der Waals surface area contributed by atoms with Gasteiger partial charge in [0.05, 0.1) is 17.4 Å². The van der Waals surface area contributed by atoms with E-state index in [0.717, 1.165) is 25.9 Å². The summed E-state index contributed by atoms with van der Waals surface area (Å²) in [6.45, 7) is 1.72. The summed E-state index contributed by atoms with van der Waals surface area (Å²) in [7, 11) is 1.52. The number of aromatic nitrogens is 5. The number of piperidine rings is 2. The third kappa shape index (κ3) is 5.22. The summed E-state index contributed by atoms with van der Waals surface area (Å²) >= 11 is 0. The first-order chi connectivity index (χ1) is 16.9. The Kier molecular flexibility index (Phi) is 6.79. The van der Waals surface area contributed by atoms with Crippen LogP contribution in [-0.2, 0) is 11.8 Å². The molecule has 3 saturated heterocycles. The van der Waals surface area contributed by atoms with Gasteiger partial charge in [0.1, 0.15) is 5.69 Å². The van der Waals surface area contributed by atoms with Crippen molar-refractivity contribution in [2.24, 2.45) is 7.05 Å². The van der Waals surface area contributed by atoms with Crippen LogP contribution < -0.4 is 15.5 Å². The zero-order valence-electron chi connectivity index (χ0n) is 18.7. The Bertz CT molecular complexity index is 1270. The number of piperazine rings is 1. The quantitative estimate of drug-likeness (QED) is 0.451. The molecule has 11 nitrogen and oxygen atoms in total. The smallest absolute Gasteiger partial charge is 0.475 e. The van der Waals surface area contributed by atoms with E-state index in [2.05, 4.69) is 30.7 Å². The Balaban J connectivity index is 0.000000384. The fraction of sp³-hybridized carbons (Fsp3) is 0.450. The fourth-order valence-electron chi connectivity index (χ4n) is 4.10. The molecule has 0 aromatic carbocycles. The zero-order valence-corrected chi connectivity index (χ0v) is 18.7. The standard InChI is InChI=1S/C18H20F2N8O.C2HF3O2/c1-26-9-13(15(24-26)16(19)20)23-17(29)14-5-4-12-7-22-18(25-28(12)14)27-8-10-2-3-11(27)6-21-10;3-2(4,5)1(6)7/h4-5,7,9-11,16,21H,2-3,6,8H2,1H3,(H,23,29);(H,6,7). The van der Waals surface area contributed by atoms with E-state index in [-0.39, 0.29) is 11.4 Å². The Labute approximate surface area is 199 Å². The van der Waals surface area contributed by atoms with Gasteiger partial charge in [-0.05, 0) is 25.0 Å². The number of fused-ring (bicyclic) bond motifs is 4. The van der Waals surface area contributed by atoms with Crippen molar-refractivity contribution in [2.75, 3.05) is 23.3 Å². The van der Waals surface area contributed by atoms with Gasteiger partial charge in [0, 0.05) is 38.4 Å². The average molecular weight is 516 g/mol. The molecule has 3 aromatic rings. The van der Waals surface area contributed by atoms with Crippen molar-refractivity contribution in [3.05, 3.63) is 35.9 Å². The van der Waals surface area contributed by atoms with Gasteiger partial charge in [-0.1, -0.05) is 0 Å². The highest BCUT2D eigenvalue weighted by Gasteiger charge is 2.38. The topological polar surface area (TPSA) is 130 Å². The van der Waals surface area contributed by atoms with Crippen molar-refractivity contribution in [3.63, 3.8) is 0 Å². The molecule has 0 saturated carbocycles. The summed E-state index contributed by atoms with van der Waals surface area (Å²) in [5.74, 6) is -2.73. The van der Waals surface area contributed by atoms with E-state index in [1.54, 1.807) is 18.3 Å². The van der Waals surface area contributed by atoms with Crippen LogP contribution in [0.15, 0.2) is 24.5 Å². The number of carbonyl (C=O) groups is 2. The van der Waals surface area contributed by atoms with Gasteiger partial charge in [0.2, 0.25) is 5.95 Å². The molecule has 0 spiro atoms. The minimum absolute atomic E-state index is 0.0175. The van der Waals surface area contributed by atoms with E-state index >= 15 is 0 Å². The molecule has 2 atom stereocenters. The molecule has 6 heterocycles. The Hall–Kier alpha value is -3.82. The average Bonchev–Trinajstić information content (AvgIpc) is 3.42. The third-order valence-electron chi connectivity index (χ3n) is 5.78. The van der Waals surface area contributed by atoms with Gasteiger partial charge < -0.3 is 20.6 Å². The second kappa shape index (κ2) is 9.67. The molecule has 3 N–H and O–H groups in total. The molecule has 3 aromatic heterocycles. The SMILES string of the molecule is Cn1cc(NC(=O)c2ccc3cnc(N4CC5CCC4CN5)nn23)c(C(F)F)n1.O=C(O)C(F)(F)F. The van der Waals surface area contributed by atoms with Gasteiger partial charge in [0.25, 0.3) is 12.3 Å². The molecule has 2 unspecified atom stereocenters. The van der Waals surface area contributed by atoms with Crippen LogP contribution in [-0.4, -0.2) is 72.7 Å². The van der Waals surface area contributed by atoms with Crippen molar-refractivity contribution in [3.8, 4) is 0 Å². The van der Waals surface area contributed by atoms with Gasteiger partial charge >= 0.3 is 12.1 Å². The summed E-state index contributed by atoms with van der Waals surface area (Å²) in [4.78, 5) is 28.3. The molecule has 16 heteroatoms. The lowest BCUT2D eigenvalue weighted by atomic mass is 9.93. The largest absolute Gasteiger partial charge is 0.490 e. The van der Waals surface area contributed by atoms with Crippen molar-refractivity contribution < 1.29 is 36.6 Å². The highest BCUT2D eigenvalue weighted by Crippen LogP contribution is 2.27. The minimum Gasteiger partial charge on any atom is -0.475 e. The van der Waals surface area contributed by atoms with E-state index in [1.165, 1.54) is 22.4 Å². The highest BCUT2D eigenvalue weighted by molar-refractivity contribution is 6.04. The second-order valence-corrected chi connectivity index (χ2v) is 8.26. The van der Waals surface area contributed by atoms with Crippen LogP contribution in [0.1, 0.15) is 35.4 Å². The lowest BCUT2D eigenvalue weighted by Crippen LogP contribution is -2.61. The predicted octanol–water partition coefficient (Wildman–Crippen LogP) is 2.23. The number of amides is 1. The molecular formula is C20H21F5N8O3. The molecule has 2 bridgehead atoms. The molecular weight excluding hydrogens is 495 g/mol. The number of anilines is 2. The van der Waals surface area contributed by atoms with Crippen LogP contribution in [0.5, 0.6) is 0 Å². The lowest BCUT2D eigenvalue weighted by molar-refractivity contribution is -0.192. The first-order valence-corrected chi connectivity index (χ1v) is 10.7. The van der Waals surface area contributed by atoms with Crippen LogP contribution in [0.3, 0.4) is 0 Å². The second-order valence-electron chi connectivity index (χ2n) is 8.26. The van der Waals surface area contributed by atoms with Gasteiger partial charge in [-0.25, -0.2) is 23.1 Å². The number of carboxylic acid groups (broad SMARTS) is 1. The van der Waals surface area contributed by atoms with Crippen LogP contribution in [0.4, 0.5) is 33.6 Å². The lowest BCUT2D eigenvalue weighted by Gasteiger charge is -2.45. The maximum atomic E-state index is 13.2. The van der Waals surface area contributed by atoms with Gasteiger partial charge in [-0.2, -0.15) is 18.3 Å². The molecule has 0 aliphatic carbocycles. The van der Waals surface area contributed by atoms with Crippen molar-refractivity contribution in [2.45, 2.75) is 37.5 Å². The number of aliphatic carboxylic acids is 1. The number of nitrogens with zero attached hydrogens (tertiary/aromatic N) is 6. The normalized spacial score (nSPS) is 19.4. The zero-order chi connectivity index (χ0) is 26.2. The first kappa shape index (κ1) is 25.3. The van der Waals surface area contributed by atoms with E-state index in [9.17, 15) is 26.7 Å². The summed E-state index contributed by atoms with van der Waals surface area (Å²) in [6.07, 6.45) is -2.63. The molecule has 1 amide bonds. The fourth-order valence-corrected chi connectivity index (χ4v) is 4.10. The number of carbonyl (C=O) groups excluding carboxylic acids is 1. The van der Waals surface area contributed by atoms with Crippen LogP contribution in [0.25, 0.3) is 5.52 Å². The van der Waals surface area contributed by atoms with Crippen molar-refractivity contribution >= 4 is 29.0 Å². The van der Waals surface area contributed by atoms with Crippen LogP contribution >= 0.6 is 0 Å². The monoisotopic (exact) mass is 516 g/mol. The third-order valence-corrected chi connectivity index (χ3v) is 5.78. The number of hydrogen-bond donors (Lipinski definition) is 3. The molecule has 36 heavy (non-hydrogen) atoms. The summed E-state index contributed by atoms with van der Waals surface area (Å²) in [5, 5.41) is 21.4. The number of alkyl halides is 5. The molecule has 3 aliphatic heterocycles. The van der Waals surface area contributed by atoms with Gasteiger partial charge in [-0.3, -0.25) is 9.48 Å². The number of rotatable bonds is 4. The van der Waals surface area contributed by atoms with E-state index in [4.69, 9.17) is 9.90 Å². The van der Waals surface area contributed by atoms with Crippen LogP contribution in [0, 0.1) is 0 Å². The number of halogens is 5.